The number of nitrogens with one attached hydrogen (secondary N) is 2. The van der Waals surface area contributed by atoms with Gasteiger partial charge in [-0.05, 0) is 53.3 Å². The van der Waals surface area contributed by atoms with E-state index in [0.29, 0.717) is 11.5 Å². The zero-order valence-electron chi connectivity index (χ0n) is 13.4. The Balaban J connectivity index is 1.91. The normalized spacial score (nSPS) is 11.2. The topological polar surface area (TPSA) is 54.9 Å². The minimum Gasteiger partial charge on any atom is -0.493 e. The van der Waals surface area contributed by atoms with Gasteiger partial charge in [0, 0.05) is 30.2 Å². The van der Waals surface area contributed by atoms with E-state index in [1.54, 1.807) is 21.3 Å². The third kappa shape index (κ3) is 5.28. The summed E-state index contributed by atoms with van der Waals surface area (Å²) in [7, 11) is 5.00. The lowest BCUT2D eigenvalue weighted by Crippen LogP contribution is -2.32. The lowest BCUT2D eigenvalue weighted by molar-refractivity contribution is 0.355. The van der Waals surface area contributed by atoms with E-state index >= 15 is 0 Å². The molecule has 0 saturated carbocycles. The highest BCUT2D eigenvalue weighted by molar-refractivity contribution is 14.1. The van der Waals surface area contributed by atoms with Crippen LogP contribution in [0.4, 0.5) is 5.69 Å². The Hall–Kier alpha value is -1.48. The Morgan fingerprint density at radius 1 is 1.17 bits per heavy atom. The molecule has 2 N–H and O–H groups in total. The lowest BCUT2D eigenvalue weighted by atomic mass is 10.2. The molecule has 0 aliphatic heterocycles. The largest absolute Gasteiger partial charge is 0.493 e. The SMILES string of the molecule is CN=C(NCCc1ccc(I)s1)Nc1ccc(OC)c(OC)c1. The van der Waals surface area contributed by atoms with Crippen LogP contribution in [0.5, 0.6) is 11.5 Å². The zero-order valence-corrected chi connectivity index (χ0v) is 16.3. The fraction of sp³-hybridized carbons (Fsp3) is 0.312. The molecule has 1 aromatic heterocycles. The number of rotatable bonds is 6. The van der Waals surface area contributed by atoms with Gasteiger partial charge in [-0.1, -0.05) is 0 Å². The summed E-state index contributed by atoms with van der Waals surface area (Å²) in [6, 6.07) is 9.97. The molecule has 5 nitrogen and oxygen atoms in total. The molecule has 1 heterocycles. The molecular formula is C16H20IN3O2S. The average molecular weight is 445 g/mol. The predicted molar refractivity (Wildman–Crippen MR) is 105 cm³/mol. The van der Waals surface area contributed by atoms with Crippen LogP contribution in [0.1, 0.15) is 4.88 Å². The summed E-state index contributed by atoms with van der Waals surface area (Å²) in [6.45, 7) is 0.823. The molecule has 0 aliphatic rings. The van der Waals surface area contributed by atoms with Crippen LogP contribution in [0.2, 0.25) is 0 Å². The molecule has 1 aromatic carbocycles. The zero-order chi connectivity index (χ0) is 16.7. The van der Waals surface area contributed by atoms with Crippen molar-refractivity contribution >= 4 is 45.6 Å². The number of aliphatic imine (C=N–C) groups is 1. The molecule has 2 rings (SSSR count). The van der Waals surface area contributed by atoms with E-state index in [0.717, 1.165) is 24.6 Å². The number of anilines is 1. The van der Waals surface area contributed by atoms with Gasteiger partial charge in [0.15, 0.2) is 17.5 Å². The molecule has 0 aliphatic carbocycles. The van der Waals surface area contributed by atoms with Crippen LogP contribution in [-0.2, 0) is 6.42 Å². The molecule has 2 aromatic rings. The van der Waals surface area contributed by atoms with E-state index in [4.69, 9.17) is 9.47 Å². The molecule has 124 valence electrons. The van der Waals surface area contributed by atoms with Crippen molar-refractivity contribution in [3.8, 4) is 11.5 Å². The van der Waals surface area contributed by atoms with Crippen molar-refractivity contribution in [1.82, 2.24) is 5.32 Å². The Labute approximate surface area is 154 Å². The van der Waals surface area contributed by atoms with Crippen LogP contribution in [0.15, 0.2) is 35.3 Å². The van der Waals surface area contributed by atoms with E-state index in [1.165, 1.54) is 7.76 Å². The van der Waals surface area contributed by atoms with Crippen LogP contribution >= 0.6 is 33.9 Å². The second-order valence-electron chi connectivity index (χ2n) is 4.65. The number of halogens is 1. The number of benzene rings is 1. The molecule has 0 atom stereocenters. The molecule has 7 heteroatoms. The molecular weight excluding hydrogens is 425 g/mol. The van der Waals surface area contributed by atoms with Crippen LogP contribution in [0, 0.1) is 2.88 Å². The fourth-order valence-electron chi connectivity index (χ4n) is 2.02. The number of ether oxygens (including phenoxy) is 2. The van der Waals surface area contributed by atoms with Crippen LogP contribution in [-0.4, -0.2) is 33.8 Å². The smallest absolute Gasteiger partial charge is 0.195 e. The first kappa shape index (κ1) is 17.9. The Bertz CT molecular complexity index is 673. The molecule has 0 unspecified atom stereocenters. The van der Waals surface area contributed by atoms with Gasteiger partial charge in [-0.15, -0.1) is 11.3 Å². The maximum absolute atomic E-state index is 5.31. The molecule has 0 fully saturated rings. The van der Waals surface area contributed by atoms with Gasteiger partial charge >= 0.3 is 0 Å². The standard InChI is InChI=1S/C16H20IN3O2S/c1-18-16(19-9-8-12-5-7-15(17)23-12)20-11-4-6-13(21-2)14(10-11)22-3/h4-7,10H,8-9H2,1-3H3,(H2,18,19,20). The molecule has 0 bridgehead atoms. The van der Waals surface area contributed by atoms with Gasteiger partial charge in [0.25, 0.3) is 0 Å². The second kappa shape index (κ2) is 8.97. The van der Waals surface area contributed by atoms with Crippen molar-refractivity contribution in [3.63, 3.8) is 0 Å². The van der Waals surface area contributed by atoms with Gasteiger partial charge in [0.05, 0.1) is 17.1 Å². The molecule has 0 amide bonds. The summed E-state index contributed by atoms with van der Waals surface area (Å²) in [5.74, 6) is 2.11. The Morgan fingerprint density at radius 2 is 1.96 bits per heavy atom. The van der Waals surface area contributed by atoms with Crippen molar-refractivity contribution in [3.05, 3.63) is 38.1 Å². The first-order valence-corrected chi connectivity index (χ1v) is 8.99. The maximum Gasteiger partial charge on any atom is 0.195 e. The van der Waals surface area contributed by atoms with Crippen LogP contribution in [0.25, 0.3) is 0 Å². The first-order valence-electron chi connectivity index (χ1n) is 7.10. The third-order valence-electron chi connectivity index (χ3n) is 3.16. The van der Waals surface area contributed by atoms with Gasteiger partial charge in [-0.25, -0.2) is 0 Å². The summed E-state index contributed by atoms with van der Waals surface area (Å²) in [5.41, 5.74) is 0.890. The van der Waals surface area contributed by atoms with E-state index in [-0.39, 0.29) is 0 Å². The number of methoxy groups -OCH3 is 2. The predicted octanol–water partition coefficient (Wildman–Crippen LogP) is 3.60. The minimum atomic E-state index is 0.682. The van der Waals surface area contributed by atoms with Crippen molar-refractivity contribution in [2.24, 2.45) is 4.99 Å². The first-order chi connectivity index (χ1) is 11.2. The summed E-state index contributed by atoms with van der Waals surface area (Å²) < 4.78 is 11.9. The van der Waals surface area contributed by atoms with E-state index in [9.17, 15) is 0 Å². The number of hydrogen-bond acceptors (Lipinski definition) is 4. The number of nitrogens with zero attached hydrogens (tertiary/aromatic N) is 1. The maximum atomic E-state index is 5.31. The summed E-state index contributed by atoms with van der Waals surface area (Å²) in [6.07, 6.45) is 0.973. The summed E-state index contributed by atoms with van der Waals surface area (Å²) in [5, 5.41) is 6.56. The highest BCUT2D eigenvalue weighted by Crippen LogP contribution is 2.29. The molecule has 0 saturated heterocycles. The Morgan fingerprint density at radius 3 is 2.57 bits per heavy atom. The monoisotopic (exact) mass is 445 g/mol. The minimum absolute atomic E-state index is 0.682. The van der Waals surface area contributed by atoms with E-state index in [2.05, 4.69) is 50.3 Å². The summed E-state index contributed by atoms with van der Waals surface area (Å²) >= 11 is 4.16. The fourth-order valence-corrected chi connectivity index (χ4v) is 3.78. The average Bonchev–Trinajstić information content (AvgIpc) is 2.99. The number of thiophene rings is 1. The summed E-state index contributed by atoms with van der Waals surface area (Å²) in [4.78, 5) is 5.61. The van der Waals surface area contributed by atoms with Crippen molar-refractivity contribution < 1.29 is 9.47 Å². The number of hydrogen-bond donors (Lipinski definition) is 2. The van der Waals surface area contributed by atoms with Gasteiger partial charge in [0.2, 0.25) is 0 Å². The van der Waals surface area contributed by atoms with Gasteiger partial charge < -0.3 is 20.1 Å². The van der Waals surface area contributed by atoms with Gasteiger partial charge in [-0.2, -0.15) is 0 Å². The van der Waals surface area contributed by atoms with E-state index in [1.807, 2.05) is 29.5 Å². The van der Waals surface area contributed by atoms with Crippen molar-refractivity contribution in [2.45, 2.75) is 6.42 Å². The second-order valence-corrected chi connectivity index (χ2v) is 7.71. The quantitative estimate of drug-likeness (QED) is 0.406. The molecule has 0 radical (unpaired) electrons. The van der Waals surface area contributed by atoms with Crippen LogP contribution < -0.4 is 20.1 Å². The van der Waals surface area contributed by atoms with Gasteiger partial charge in [0.1, 0.15) is 0 Å². The highest BCUT2D eigenvalue weighted by Gasteiger charge is 2.06. The lowest BCUT2D eigenvalue weighted by Gasteiger charge is -2.13. The Kier molecular flexibility index (Phi) is 6.97. The molecule has 23 heavy (non-hydrogen) atoms. The molecule has 0 spiro atoms. The highest BCUT2D eigenvalue weighted by atomic mass is 127. The van der Waals surface area contributed by atoms with Crippen molar-refractivity contribution in [2.75, 3.05) is 33.1 Å². The van der Waals surface area contributed by atoms with Crippen molar-refractivity contribution in [1.29, 1.82) is 0 Å². The van der Waals surface area contributed by atoms with Gasteiger partial charge in [-0.3, -0.25) is 4.99 Å². The van der Waals surface area contributed by atoms with E-state index < -0.39 is 0 Å². The number of guanidine groups is 1. The van der Waals surface area contributed by atoms with Crippen LogP contribution in [0.3, 0.4) is 0 Å². The third-order valence-corrected chi connectivity index (χ3v) is 5.12.